The highest BCUT2D eigenvalue weighted by molar-refractivity contribution is 5.87. The van der Waals surface area contributed by atoms with Crippen molar-refractivity contribution in [2.75, 3.05) is 28.1 Å². The zero-order valence-corrected chi connectivity index (χ0v) is 13.5. The van der Waals surface area contributed by atoms with Crippen LogP contribution < -0.4 is 14.8 Å². The molecule has 0 radical (unpaired) electrons. The van der Waals surface area contributed by atoms with Gasteiger partial charge in [-0.25, -0.2) is 0 Å². The first-order valence-corrected chi connectivity index (χ1v) is 7.24. The highest BCUT2D eigenvalue weighted by Crippen LogP contribution is 2.28. The van der Waals surface area contributed by atoms with Crippen LogP contribution in [0.3, 0.4) is 0 Å². The Hall–Kier alpha value is -2.53. The van der Waals surface area contributed by atoms with Crippen LogP contribution in [-0.4, -0.2) is 34.0 Å². The number of rotatable bonds is 7. The SMILES string of the molecule is COCNC(=O)C(c1ccc(OC)cc1)c1ccc(OC)cc1. The molecule has 0 heterocycles. The van der Waals surface area contributed by atoms with E-state index in [1.807, 2.05) is 48.5 Å². The van der Waals surface area contributed by atoms with E-state index in [1.54, 1.807) is 14.2 Å². The van der Waals surface area contributed by atoms with E-state index in [4.69, 9.17) is 14.2 Å². The predicted molar refractivity (Wildman–Crippen MR) is 87.8 cm³/mol. The van der Waals surface area contributed by atoms with Gasteiger partial charge in [0, 0.05) is 7.11 Å². The molecule has 0 saturated carbocycles. The number of hydrogen-bond donors (Lipinski definition) is 1. The number of carbonyl (C=O) groups excluding carboxylic acids is 1. The van der Waals surface area contributed by atoms with Crippen molar-refractivity contribution in [3.63, 3.8) is 0 Å². The van der Waals surface area contributed by atoms with E-state index in [9.17, 15) is 4.79 Å². The van der Waals surface area contributed by atoms with Gasteiger partial charge in [-0.1, -0.05) is 24.3 Å². The van der Waals surface area contributed by atoms with E-state index < -0.39 is 5.92 Å². The summed E-state index contributed by atoms with van der Waals surface area (Å²) in [6.07, 6.45) is 0. The Labute approximate surface area is 136 Å². The topological polar surface area (TPSA) is 56.8 Å². The quantitative estimate of drug-likeness (QED) is 0.798. The minimum atomic E-state index is -0.429. The summed E-state index contributed by atoms with van der Waals surface area (Å²) in [5.41, 5.74) is 1.76. The molecule has 0 spiro atoms. The molecule has 5 heteroatoms. The summed E-state index contributed by atoms with van der Waals surface area (Å²) >= 11 is 0. The Morgan fingerprint density at radius 3 is 1.65 bits per heavy atom. The average Bonchev–Trinajstić information content (AvgIpc) is 2.61. The van der Waals surface area contributed by atoms with Crippen LogP contribution in [0.5, 0.6) is 11.5 Å². The number of methoxy groups -OCH3 is 3. The predicted octanol–water partition coefficient (Wildman–Crippen LogP) is 2.56. The van der Waals surface area contributed by atoms with Crippen molar-refractivity contribution >= 4 is 5.91 Å². The molecule has 0 aliphatic carbocycles. The maximum absolute atomic E-state index is 12.6. The molecule has 0 unspecified atom stereocenters. The molecule has 0 fully saturated rings. The number of nitrogens with one attached hydrogen (secondary N) is 1. The minimum Gasteiger partial charge on any atom is -0.497 e. The summed E-state index contributed by atoms with van der Waals surface area (Å²) in [5, 5.41) is 2.76. The molecule has 2 aromatic carbocycles. The van der Waals surface area contributed by atoms with Crippen molar-refractivity contribution in [1.82, 2.24) is 5.32 Å². The first-order chi connectivity index (χ1) is 11.2. The summed E-state index contributed by atoms with van der Waals surface area (Å²) in [5.74, 6) is 0.947. The Kier molecular flexibility index (Phi) is 6.00. The molecule has 0 aromatic heterocycles. The van der Waals surface area contributed by atoms with Crippen molar-refractivity contribution in [2.24, 2.45) is 0 Å². The second kappa shape index (κ2) is 8.19. The monoisotopic (exact) mass is 315 g/mol. The molecule has 2 aromatic rings. The smallest absolute Gasteiger partial charge is 0.233 e. The Morgan fingerprint density at radius 2 is 1.30 bits per heavy atom. The highest BCUT2D eigenvalue weighted by Gasteiger charge is 2.22. The third-order valence-corrected chi connectivity index (χ3v) is 3.55. The van der Waals surface area contributed by atoms with Crippen molar-refractivity contribution in [2.45, 2.75) is 5.92 Å². The maximum Gasteiger partial charge on any atom is 0.233 e. The van der Waals surface area contributed by atoms with Crippen molar-refractivity contribution in [3.8, 4) is 11.5 Å². The minimum absolute atomic E-state index is 0.123. The molecular formula is C18H21NO4. The molecule has 0 aliphatic rings. The van der Waals surface area contributed by atoms with Crippen molar-refractivity contribution in [1.29, 1.82) is 0 Å². The standard InChI is InChI=1S/C18H21NO4/c1-21-12-19-18(20)17(13-4-8-15(22-2)9-5-13)14-6-10-16(23-3)11-7-14/h4-11,17H,12H2,1-3H3,(H,19,20). The molecule has 0 saturated heterocycles. The number of benzene rings is 2. The van der Waals surface area contributed by atoms with Gasteiger partial charge in [-0.05, 0) is 35.4 Å². The van der Waals surface area contributed by atoms with Gasteiger partial charge in [0.2, 0.25) is 5.91 Å². The largest absolute Gasteiger partial charge is 0.497 e. The fraction of sp³-hybridized carbons (Fsp3) is 0.278. The molecule has 1 amide bonds. The normalized spacial score (nSPS) is 10.4. The van der Waals surface area contributed by atoms with E-state index in [1.165, 1.54) is 7.11 Å². The maximum atomic E-state index is 12.6. The van der Waals surface area contributed by atoms with Gasteiger partial charge >= 0.3 is 0 Å². The van der Waals surface area contributed by atoms with Gasteiger partial charge in [0.25, 0.3) is 0 Å². The van der Waals surface area contributed by atoms with Gasteiger partial charge < -0.3 is 19.5 Å². The molecule has 1 N–H and O–H groups in total. The van der Waals surface area contributed by atoms with Gasteiger partial charge in [-0.2, -0.15) is 0 Å². The van der Waals surface area contributed by atoms with Gasteiger partial charge in [0.15, 0.2) is 0 Å². The van der Waals surface area contributed by atoms with Crippen LogP contribution in [0.15, 0.2) is 48.5 Å². The molecule has 122 valence electrons. The molecule has 0 aliphatic heterocycles. The molecule has 0 bridgehead atoms. The number of carbonyl (C=O) groups is 1. The van der Waals surface area contributed by atoms with Crippen molar-refractivity contribution < 1.29 is 19.0 Å². The molecule has 2 rings (SSSR count). The molecular weight excluding hydrogens is 294 g/mol. The van der Waals surface area contributed by atoms with Crippen molar-refractivity contribution in [3.05, 3.63) is 59.7 Å². The summed E-state index contributed by atoms with van der Waals surface area (Å²) in [6.45, 7) is 0.168. The van der Waals surface area contributed by atoms with E-state index in [-0.39, 0.29) is 12.6 Å². The lowest BCUT2D eigenvalue weighted by Gasteiger charge is -2.18. The lowest BCUT2D eigenvalue weighted by atomic mass is 9.90. The summed E-state index contributed by atoms with van der Waals surface area (Å²) in [7, 11) is 4.76. The number of amides is 1. The second-order valence-electron chi connectivity index (χ2n) is 4.95. The van der Waals surface area contributed by atoms with Crippen LogP contribution in [0, 0.1) is 0 Å². The molecule has 5 nitrogen and oxygen atoms in total. The fourth-order valence-electron chi connectivity index (χ4n) is 2.33. The van der Waals surface area contributed by atoms with Crippen LogP contribution in [0.2, 0.25) is 0 Å². The Morgan fingerprint density at radius 1 is 0.870 bits per heavy atom. The van der Waals surface area contributed by atoms with Gasteiger partial charge in [-0.3, -0.25) is 4.79 Å². The third kappa shape index (κ3) is 4.23. The third-order valence-electron chi connectivity index (χ3n) is 3.55. The van der Waals surface area contributed by atoms with Crippen LogP contribution in [-0.2, 0) is 9.53 Å². The number of ether oxygens (including phenoxy) is 3. The van der Waals surface area contributed by atoms with E-state index >= 15 is 0 Å². The Balaban J connectivity index is 2.34. The molecule has 0 atom stereocenters. The lowest BCUT2D eigenvalue weighted by Crippen LogP contribution is -2.31. The van der Waals surface area contributed by atoms with Gasteiger partial charge in [0.05, 0.1) is 20.1 Å². The summed E-state index contributed by atoms with van der Waals surface area (Å²) in [4.78, 5) is 12.6. The second-order valence-corrected chi connectivity index (χ2v) is 4.95. The zero-order valence-electron chi connectivity index (χ0n) is 13.5. The average molecular weight is 315 g/mol. The Bertz CT molecular complexity index is 575. The molecule has 23 heavy (non-hydrogen) atoms. The summed E-state index contributed by atoms with van der Waals surface area (Å²) in [6, 6.07) is 14.9. The van der Waals surface area contributed by atoms with E-state index in [2.05, 4.69) is 5.32 Å². The fourth-order valence-corrected chi connectivity index (χ4v) is 2.33. The highest BCUT2D eigenvalue weighted by atomic mass is 16.5. The van der Waals surface area contributed by atoms with Gasteiger partial charge in [0.1, 0.15) is 18.2 Å². The van der Waals surface area contributed by atoms with Gasteiger partial charge in [-0.15, -0.1) is 0 Å². The van der Waals surface area contributed by atoms with E-state index in [0.29, 0.717) is 0 Å². The van der Waals surface area contributed by atoms with E-state index in [0.717, 1.165) is 22.6 Å². The summed E-state index contributed by atoms with van der Waals surface area (Å²) < 4.78 is 15.3. The first-order valence-electron chi connectivity index (χ1n) is 7.24. The number of hydrogen-bond acceptors (Lipinski definition) is 4. The lowest BCUT2D eigenvalue weighted by molar-refractivity contribution is -0.123. The van der Waals surface area contributed by atoms with Crippen LogP contribution in [0.4, 0.5) is 0 Å². The van der Waals surface area contributed by atoms with Crippen LogP contribution in [0.1, 0.15) is 17.0 Å². The zero-order chi connectivity index (χ0) is 16.7. The first kappa shape index (κ1) is 16.8. The van der Waals surface area contributed by atoms with Crippen LogP contribution in [0.25, 0.3) is 0 Å². The van der Waals surface area contributed by atoms with Crippen LogP contribution >= 0.6 is 0 Å².